The third-order valence-corrected chi connectivity index (χ3v) is 4.60. The van der Waals surface area contributed by atoms with Gasteiger partial charge in [0.15, 0.2) is 5.96 Å². The average Bonchev–Trinajstić information content (AvgIpc) is 2.69. The van der Waals surface area contributed by atoms with E-state index in [0.29, 0.717) is 6.54 Å². The normalized spacial score (nSPS) is 14.6. The van der Waals surface area contributed by atoms with Gasteiger partial charge >= 0.3 is 0 Å². The van der Waals surface area contributed by atoms with E-state index in [-0.39, 0.29) is 24.0 Å². The van der Waals surface area contributed by atoms with Crippen LogP contribution in [-0.2, 0) is 6.54 Å². The molecule has 1 N–H and O–H groups in total. The first-order valence-corrected chi connectivity index (χ1v) is 8.97. The van der Waals surface area contributed by atoms with Gasteiger partial charge in [-0.1, -0.05) is 6.07 Å². The average molecular weight is 481 g/mol. The maximum absolute atomic E-state index is 5.23. The van der Waals surface area contributed by atoms with Crippen LogP contribution < -0.4 is 15.0 Å². The molecule has 2 aromatic rings. The number of nitrogens with one attached hydrogen (secondary N) is 1. The van der Waals surface area contributed by atoms with E-state index in [9.17, 15) is 0 Å². The highest BCUT2D eigenvalue weighted by Gasteiger charge is 2.19. The molecule has 1 aliphatic heterocycles. The lowest BCUT2D eigenvalue weighted by Gasteiger charge is -2.37. The predicted molar refractivity (Wildman–Crippen MR) is 121 cm³/mol. The van der Waals surface area contributed by atoms with Crippen molar-refractivity contribution >= 4 is 35.6 Å². The number of aromatic nitrogens is 1. The third-order valence-electron chi connectivity index (χ3n) is 4.60. The number of piperazine rings is 1. The maximum atomic E-state index is 5.23. The Morgan fingerprint density at radius 2 is 1.81 bits per heavy atom. The fourth-order valence-corrected chi connectivity index (χ4v) is 3.17. The molecule has 0 spiro atoms. The quantitative estimate of drug-likeness (QED) is 0.414. The Labute approximate surface area is 178 Å². The lowest BCUT2D eigenvalue weighted by atomic mass is 10.2. The third kappa shape index (κ3) is 5.72. The molecule has 0 aliphatic carbocycles. The van der Waals surface area contributed by atoms with Gasteiger partial charge in [-0.2, -0.15) is 0 Å². The molecule has 0 bridgehead atoms. The molecule has 2 heterocycles. The number of pyridine rings is 1. The number of hydrogen-bond acceptors (Lipinski definition) is 4. The number of aryl methyl sites for hydroxylation is 1. The van der Waals surface area contributed by atoms with Crippen LogP contribution in [0.4, 0.5) is 5.69 Å². The van der Waals surface area contributed by atoms with Gasteiger partial charge in [0.1, 0.15) is 5.75 Å². The summed E-state index contributed by atoms with van der Waals surface area (Å²) in [4.78, 5) is 13.7. The van der Waals surface area contributed by atoms with Crippen LogP contribution in [0.1, 0.15) is 11.4 Å². The topological polar surface area (TPSA) is 53.0 Å². The van der Waals surface area contributed by atoms with Crippen LogP contribution in [0.3, 0.4) is 0 Å². The Bertz CT molecular complexity index is 742. The number of guanidine groups is 1. The zero-order chi connectivity index (χ0) is 18.4. The van der Waals surface area contributed by atoms with E-state index in [1.165, 1.54) is 5.69 Å². The number of hydrogen-bond donors (Lipinski definition) is 1. The number of methoxy groups -OCH3 is 1. The van der Waals surface area contributed by atoms with Gasteiger partial charge < -0.3 is 19.9 Å². The van der Waals surface area contributed by atoms with E-state index in [1.54, 1.807) is 7.11 Å². The minimum atomic E-state index is 0. The van der Waals surface area contributed by atoms with Crippen molar-refractivity contribution in [2.45, 2.75) is 13.5 Å². The largest absolute Gasteiger partial charge is 0.497 e. The summed E-state index contributed by atoms with van der Waals surface area (Å²) in [5.41, 5.74) is 3.30. The molecule has 1 aliphatic rings. The monoisotopic (exact) mass is 481 g/mol. The molecule has 6 nitrogen and oxygen atoms in total. The maximum Gasteiger partial charge on any atom is 0.194 e. The Morgan fingerprint density at radius 3 is 2.41 bits per heavy atom. The fourth-order valence-electron chi connectivity index (χ4n) is 3.17. The summed E-state index contributed by atoms with van der Waals surface area (Å²) in [7, 11) is 3.53. The van der Waals surface area contributed by atoms with Crippen LogP contribution in [0.15, 0.2) is 47.5 Å². The summed E-state index contributed by atoms with van der Waals surface area (Å²) in [6, 6.07) is 14.3. The van der Waals surface area contributed by atoms with Crippen molar-refractivity contribution in [3.63, 3.8) is 0 Å². The van der Waals surface area contributed by atoms with Crippen LogP contribution in [0.25, 0.3) is 0 Å². The minimum Gasteiger partial charge on any atom is -0.497 e. The number of anilines is 1. The van der Waals surface area contributed by atoms with Crippen LogP contribution in [0.2, 0.25) is 0 Å². The van der Waals surface area contributed by atoms with E-state index in [4.69, 9.17) is 4.74 Å². The molecule has 1 fully saturated rings. The molecule has 0 saturated carbocycles. The number of nitrogens with zero attached hydrogens (tertiary/aromatic N) is 4. The van der Waals surface area contributed by atoms with Gasteiger partial charge in [0.25, 0.3) is 0 Å². The lowest BCUT2D eigenvalue weighted by Crippen LogP contribution is -2.52. The summed E-state index contributed by atoms with van der Waals surface area (Å²) in [5.74, 6) is 1.82. The molecule has 1 saturated heterocycles. The van der Waals surface area contributed by atoms with Crippen molar-refractivity contribution in [1.82, 2.24) is 15.2 Å². The molecule has 0 amide bonds. The number of rotatable bonds is 4. The van der Waals surface area contributed by atoms with Crippen LogP contribution in [-0.4, -0.2) is 56.2 Å². The molecule has 0 unspecified atom stereocenters. The highest BCUT2D eigenvalue weighted by molar-refractivity contribution is 14.0. The molecule has 3 rings (SSSR count). The SMILES string of the molecule is CN=C(NCc1cccc(C)n1)N1CCN(c2ccc(OC)cc2)CC1.I. The summed E-state index contributed by atoms with van der Waals surface area (Å²) < 4.78 is 5.23. The van der Waals surface area contributed by atoms with Gasteiger partial charge in [-0.25, -0.2) is 0 Å². The molecule has 0 atom stereocenters. The zero-order valence-corrected chi connectivity index (χ0v) is 18.5. The summed E-state index contributed by atoms with van der Waals surface area (Å²) in [6.07, 6.45) is 0. The van der Waals surface area contributed by atoms with Gasteiger partial charge in [-0.3, -0.25) is 9.98 Å². The van der Waals surface area contributed by atoms with Gasteiger partial charge in [-0.05, 0) is 43.3 Å². The fraction of sp³-hybridized carbons (Fsp3) is 0.400. The first kappa shape index (κ1) is 21.3. The van der Waals surface area contributed by atoms with Crippen LogP contribution in [0, 0.1) is 6.92 Å². The van der Waals surface area contributed by atoms with E-state index in [1.807, 2.05) is 44.3 Å². The Kier molecular flexibility index (Phi) is 8.15. The molecule has 1 aromatic heterocycles. The van der Waals surface area contributed by atoms with Crippen molar-refractivity contribution < 1.29 is 4.74 Å². The second-order valence-electron chi connectivity index (χ2n) is 6.34. The first-order valence-electron chi connectivity index (χ1n) is 8.97. The van der Waals surface area contributed by atoms with E-state index < -0.39 is 0 Å². The second kappa shape index (κ2) is 10.3. The van der Waals surface area contributed by atoms with Crippen molar-refractivity contribution in [3.8, 4) is 5.75 Å². The summed E-state index contributed by atoms with van der Waals surface area (Å²) in [6.45, 7) is 6.51. The summed E-state index contributed by atoms with van der Waals surface area (Å²) in [5, 5.41) is 3.43. The number of aliphatic imine (C=N–C) groups is 1. The highest BCUT2D eigenvalue weighted by Crippen LogP contribution is 2.20. The number of benzene rings is 1. The molecule has 146 valence electrons. The molecule has 27 heavy (non-hydrogen) atoms. The van der Waals surface area contributed by atoms with Gasteiger partial charge in [0, 0.05) is 44.6 Å². The molecule has 0 radical (unpaired) electrons. The standard InChI is InChI=1S/C20H27N5O.HI/c1-16-5-4-6-17(23-16)15-22-20(21-2)25-13-11-24(12-14-25)18-7-9-19(26-3)10-8-18;/h4-10H,11-15H2,1-3H3,(H,21,22);1H. The molecule has 1 aromatic carbocycles. The lowest BCUT2D eigenvalue weighted by molar-refractivity contribution is 0.372. The predicted octanol–water partition coefficient (Wildman–Crippen LogP) is 2.91. The first-order chi connectivity index (χ1) is 12.7. The van der Waals surface area contributed by atoms with Crippen molar-refractivity contribution in [1.29, 1.82) is 0 Å². The van der Waals surface area contributed by atoms with Crippen LogP contribution >= 0.6 is 24.0 Å². The van der Waals surface area contributed by atoms with Crippen LogP contribution in [0.5, 0.6) is 5.75 Å². The Morgan fingerprint density at radius 1 is 1.11 bits per heavy atom. The highest BCUT2D eigenvalue weighted by atomic mass is 127. The Hall–Kier alpha value is -2.03. The van der Waals surface area contributed by atoms with E-state index in [0.717, 1.165) is 49.3 Å². The number of halogens is 1. The van der Waals surface area contributed by atoms with Crippen molar-refractivity contribution in [2.75, 3.05) is 45.2 Å². The molecular formula is C20H28IN5O. The van der Waals surface area contributed by atoms with E-state index in [2.05, 4.69) is 37.2 Å². The van der Waals surface area contributed by atoms with Crippen molar-refractivity contribution in [3.05, 3.63) is 53.9 Å². The van der Waals surface area contributed by atoms with E-state index >= 15 is 0 Å². The zero-order valence-electron chi connectivity index (χ0n) is 16.2. The summed E-state index contributed by atoms with van der Waals surface area (Å²) >= 11 is 0. The van der Waals surface area contributed by atoms with Gasteiger partial charge in [-0.15, -0.1) is 24.0 Å². The molecular weight excluding hydrogens is 453 g/mol. The van der Waals surface area contributed by atoms with Gasteiger partial charge in [0.2, 0.25) is 0 Å². The molecule has 7 heteroatoms. The van der Waals surface area contributed by atoms with Gasteiger partial charge in [0.05, 0.1) is 19.3 Å². The number of ether oxygens (including phenoxy) is 1. The minimum absolute atomic E-state index is 0. The Balaban J connectivity index is 0.00000261. The second-order valence-corrected chi connectivity index (χ2v) is 6.34. The smallest absolute Gasteiger partial charge is 0.194 e. The van der Waals surface area contributed by atoms with Crippen molar-refractivity contribution in [2.24, 2.45) is 4.99 Å².